The molecule has 3 rings (SSSR count). The van der Waals surface area contributed by atoms with E-state index < -0.39 is 0 Å². The number of carbonyl (C=O) groups is 1. The van der Waals surface area contributed by atoms with Crippen LogP contribution in [0.5, 0.6) is 0 Å². The van der Waals surface area contributed by atoms with Crippen LogP contribution in [0.2, 0.25) is 0 Å². The first-order valence-corrected chi connectivity index (χ1v) is 6.28. The van der Waals surface area contributed by atoms with E-state index in [9.17, 15) is 9.18 Å². The van der Waals surface area contributed by atoms with E-state index in [1.807, 2.05) is 18.0 Å². The zero-order valence-corrected chi connectivity index (χ0v) is 10.6. The van der Waals surface area contributed by atoms with Crippen LogP contribution in [0, 0.1) is 17.1 Å². The Kier molecular flexibility index (Phi) is 2.76. The van der Waals surface area contributed by atoms with Crippen molar-refractivity contribution in [3.05, 3.63) is 35.1 Å². The third-order valence-electron chi connectivity index (χ3n) is 3.98. The van der Waals surface area contributed by atoms with Gasteiger partial charge in [0, 0.05) is 31.2 Å². The van der Waals surface area contributed by atoms with E-state index in [1.165, 1.54) is 6.07 Å². The molecule has 2 aliphatic rings. The maximum Gasteiger partial charge on any atom is 0.236 e. The first kappa shape index (κ1) is 12.1. The minimum atomic E-state index is -0.373. The second-order valence-corrected chi connectivity index (χ2v) is 5.20. The van der Waals surface area contributed by atoms with Crippen LogP contribution in [-0.2, 0) is 11.3 Å². The van der Waals surface area contributed by atoms with Crippen LogP contribution in [0.4, 0.5) is 4.39 Å². The minimum Gasteiger partial charge on any atom is -0.340 e. The Morgan fingerprint density at radius 1 is 1.47 bits per heavy atom. The van der Waals surface area contributed by atoms with E-state index >= 15 is 0 Å². The fourth-order valence-electron chi connectivity index (χ4n) is 2.70. The number of halogens is 1. The molecule has 1 aromatic carbocycles. The summed E-state index contributed by atoms with van der Waals surface area (Å²) in [6, 6.07) is 7.06. The standard InChI is InChI=1S/C14H14FN3O/c1-17-12-5-13(12)18(8-14(17)19)7-10-3-2-9(6-16)4-11(10)15/h2-4,12-13H,5,7-8H2,1H3/t12-,13+/m1/s1. The van der Waals surface area contributed by atoms with Gasteiger partial charge in [0.05, 0.1) is 18.2 Å². The molecule has 2 fully saturated rings. The molecule has 0 unspecified atom stereocenters. The zero-order valence-electron chi connectivity index (χ0n) is 10.6. The number of nitrogens with zero attached hydrogens (tertiary/aromatic N) is 3. The minimum absolute atomic E-state index is 0.0906. The lowest BCUT2D eigenvalue weighted by molar-refractivity contribution is -0.134. The van der Waals surface area contributed by atoms with Crippen LogP contribution < -0.4 is 0 Å². The quantitative estimate of drug-likeness (QED) is 0.799. The van der Waals surface area contributed by atoms with E-state index in [4.69, 9.17) is 5.26 Å². The lowest BCUT2D eigenvalue weighted by Crippen LogP contribution is -2.48. The number of rotatable bonds is 2. The van der Waals surface area contributed by atoms with Gasteiger partial charge in [0.25, 0.3) is 0 Å². The van der Waals surface area contributed by atoms with Gasteiger partial charge in [0.15, 0.2) is 0 Å². The second-order valence-electron chi connectivity index (χ2n) is 5.20. The molecular formula is C14H14FN3O. The molecule has 0 radical (unpaired) electrons. The van der Waals surface area contributed by atoms with Gasteiger partial charge in [-0.15, -0.1) is 0 Å². The van der Waals surface area contributed by atoms with Crippen molar-refractivity contribution in [2.45, 2.75) is 25.0 Å². The molecule has 1 saturated heterocycles. The third-order valence-corrected chi connectivity index (χ3v) is 3.98. The molecule has 98 valence electrons. The third kappa shape index (κ3) is 2.08. The number of amides is 1. The Hall–Kier alpha value is -1.93. The topological polar surface area (TPSA) is 47.3 Å². The van der Waals surface area contributed by atoms with Crippen LogP contribution in [-0.4, -0.2) is 41.4 Å². The van der Waals surface area contributed by atoms with Crippen LogP contribution in [0.25, 0.3) is 0 Å². The van der Waals surface area contributed by atoms with Crippen LogP contribution in [0.15, 0.2) is 18.2 Å². The second kappa shape index (κ2) is 4.32. The summed E-state index contributed by atoms with van der Waals surface area (Å²) >= 11 is 0. The van der Waals surface area contributed by atoms with Gasteiger partial charge >= 0.3 is 0 Å². The number of nitriles is 1. The Morgan fingerprint density at radius 2 is 2.26 bits per heavy atom. The van der Waals surface area contributed by atoms with E-state index in [2.05, 4.69) is 0 Å². The van der Waals surface area contributed by atoms with Crippen molar-refractivity contribution >= 4 is 5.91 Å². The molecule has 4 nitrogen and oxygen atoms in total. The highest BCUT2D eigenvalue weighted by atomic mass is 19.1. The van der Waals surface area contributed by atoms with Crippen molar-refractivity contribution in [2.75, 3.05) is 13.6 Å². The van der Waals surface area contributed by atoms with Crippen LogP contribution >= 0.6 is 0 Å². The van der Waals surface area contributed by atoms with E-state index in [1.54, 1.807) is 17.0 Å². The van der Waals surface area contributed by atoms with Crippen molar-refractivity contribution in [3.8, 4) is 6.07 Å². The Balaban J connectivity index is 1.76. The van der Waals surface area contributed by atoms with Gasteiger partial charge in [-0.1, -0.05) is 6.07 Å². The number of fused-ring (bicyclic) bond motifs is 1. The normalized spacial score (nSPS) is 25.9. The predicted molar refractivity (Wildman–Crippen MR) is 66.5 cm³/mol. The largest absolute Gasteiger partial charge is 0.340 e. The summed E-state index contributed by atoms with van der Waals surface area (Å²) in [6.07, 6.45) is 0.972. The fraction of sp³-hybridized carbons (Fsp3) is 0.429. The summed E-state index contributed by atoms with van der Waals surface area (Å²) < 4.78 is 13.8. The van der Waals surface area contributed by atoms with E-state index in [0.29, 0.717) is 36.3 Å². The molecule has 1 aliphatic heterocycles. The van der Waals surface area contributed by atoms with Crippen LogP contribution in [0.3, 0.4) is 0 Å². The molecule has 0 aromatic heterocycles. The number of benzene rings is 1. The highest BCUT2D eigenvalue weighted by molar-refractivity contribution is 5.80. The summed E-state index contributed by atoms with van der Waals surface area (Å²) in [5, 5.41) is 8.71. The summed E-state index contributed by atoms with van der Waals surface area (Å²) in [6.45, 7) is 0.773. The predicted octanol–water partition coefficient (Wildman–Crippen LogP) is 1.11. The average molecular weight is 259 g/mol. The number of carbonyl (C=O) groups excluding carboxylic acids is 1. The molecule has 19 heavy (non-hydrogen) atoms. The lowest BCUT2D eigenvalue weighted by Gasteiger charge is -2.31. The molecule has 5 heteroatoms. The molecule has 0 N–H and O–H groups in total. The highest BCUT2D eigenvalue weighted by Gasteiger charge is 2.50. The first-order valence-electron chi connectivity index (χ1n) is 6.28. The van der Waals surface area contributed by atoms with Gasteiger partial charge in [0.2, 0.25) is 5.91 Å². The Bertz CT molecular complexity index is 581. The van der Waals surface area contributed by atoms with Crippen molar-refractivity contribution in [1.82, 2.24) is 9.80 Å². The van der Waals surface area contributed by atoms with Gasteiger partial charge in [-0.2, -0.15) is 5.26 Å². The van der Waals surface area contributed by atoms with Gasteiger partial charge in [-0.05, 0) is 18.6 Å². The number of hydrogen-bond acceptors (Lipinski definition) is 3. The number of hydrogen-bond donors (Lipinski definition) is 0. The van der Waals surface area contributed by atoms with Crippen molar-refractivity contribution < 1.29 is 9.18 Å². The highest BCUT2D eigenvalue weighted by Crippen LogP contribution is 2.37. The van der Waals surface area contributed by atoms with Crippen molar-refractivity contribution in [2.24, 2.45) is 0 Å². The van der Waals surface area contributed by atoms with Gasteiger partial charge in [-0.3, -0.25) is 9.69 Å². The van der Waals surface area contributed by atoms with E-state index in [-0.39, 0.29) is 11.7 Å². The summed E-state index contributed by atoms with van der Waals surface area (Å²) in [5.74, 6) is -0.282. The fourth-order valence-corrected chi connectivity index (χ4v) is 2.70. The van der Waals surface area contributed by atoms with Gasteiger partial charge in [-0.25, -0.2) is 4.39 Å². The Labute approximate surface area is 111 Å². The smallest absolute Gasteiger partial charge is 0.236 e. The SMILES string of the molecule is CN1C(=O)CN(Cc2ccc(C#N)cc2F)[C@H]2C[C@H]21. The molecule has 1 aliphatic carbocycles. The van der Waals surface area contributed by atoms with Gasteiger partial charge in [0.1, 0.15) is 5.82 Å². The monoisotopic (exact) mass is 259 g/mol. The number of piperazine rings is 1. The summed E-state index contributed by atoms with van der Waals surface area (Å²) in [5.41, 5.74) is 0.863. The maximum atomic E-state index is 13.8. The molecule has 1 heterocycles. The first-order chi connectivity index (χ1) is 9.10. The zero-order chi connectivity index (χ0) is 13.6. The maximum absolute atomic E-state index is 13.8. The summed E-state index contributed by atoms with van der Waals surface area (Å²) in [4.78, 5) is 15.6. The lowest BCUT2D eigenvalue weighted by atomic mass is 10.1. The van der Waals surface area contributed by atoms with Crippen molar-refractivity contribution in [1.29, 1.82) is 5.26 Å². The molecule has 1 aromatic rings. The Morgan fingerprint density at radius 3 is 2.95 bits per heavy atom. The number of likely N-dealkylation sites (N-methyl/N-ethyl adjacent to an activating group) is 1. The molecule has 2 atom stereocenters. The van der Waals surface area contributed by atoms with Crippen LogP contribution in [0.1, 0.15) is 17.5 Å². The van der Waals surface area contributed by atoms with Gasteiger partial charge < -0.3 is 4.90 Å². The molecule has 0 spiro atoms. The van der Waals surface area contributed by atoms with E-state index in [0.717, 1.165) is 6.42 Å². The molecule has 1 amide bonds. The molecule has 0 bridgehead atoms. The average Bonchev–Trinajstić information content (AvgIpc) is 3.18. The summed E-state index contributed by atoms with van der Waals surface area (Å²) in [7, 11) is 1.83. The molecular weight excluding hydrogens is 245 g/mol. The molecule has 1 saturated carbocycles. The van der Waals surface area contributed by atoms with Crippen molar-refractivity contribution in [3.63, 3.8) is 0 Å².